The fourth-order valence-electron chi connectivity index (χ4n) is 4.87. The van der Waals surface area contributed by atoms with E-state index < -0.39 is 12.1 Å². The lowest BCUT2D eigenvalue weighted by atomic mass is 9.81. The highest BCUT2D eigenvalue weighted by molar-refractivity contribution is 5.67. The van der Waals surface area contributed by atoms with Gasteiger partial charge in [-0.25, -0.2) is 4.79 Å². The molecule has 1 amide bonds. The molecule has 3 heterocycles. The third-order valence-electron chi connectivity index (χ3n) is 6.34. The van der Waals surface area contributed by atoms with Crippen molar-refractivity contribution in [2.45, 2.75) is 31.3 Å². The molecule has 5 rings (SSSR count). The number of aliphatic hydroxyl groups excluding tert-OH is 1. The quantitative estimate of drug-likeness (QED) is 0.651. The molecule has 0 radical (unpaired) electrons. The molecule has 3 aliphatic heterocycles. The lowest BCUT2D eigenvalue weighted by Gasteiger charge is -2.50. The third-order valence-corrected chi connectivity index (χ3v) is 6.34. The van der Waals surface area contributed by atoms with Crippen LogP contribution in [-0.4, -0.2) is 65.0 Å². The van der Waals surface area contributed by atoms with Gasteiger partial charge >= 0.3 is 6.09 Å². The summed E-state index contributed by atoms with van der Waals surface area (Å²) in [6.45, 7) is 3.45. The number of hydrogen-bond donors (Lipinski definition) is 2. The van der Waals surface area contributed by atoms with E-state index in [1.807, 2.05) is 54.6 Å². The minimum atomic E-state index is -0.880. The maximum absolute atomic E-state index is 12.6. The number of aliphatic hydroxyl groups is 1. The second-order valence-corrected chi connectivity index (χ2v) is 8.21. The summed E-state index contributed by atoms with van der Waals surface area (Å²) in [7, 11) is 0. The number of benzene rings is 2. The van der Waals surface area contributed by atoms with Gasteiger partial charge in [-0.2, -0.15) is 0 Å². The van der Waals surface area contributed by atoms with Crippen molar-refractivity contribution in [2.24, 2.45) is 5.92 Å². The topological polar surface area (TPSA) is 73.2 Å². The Kier molecular flexibility index (Phi) is 6.55. The van der Waals surface area contributed by atoms with E-state index in [4.69, 9.17) is 9.84 Å². The Labute approximate surface area is 177 Å². The Bertz CT molecular complexity index is 836. The lowest BCUT2D eigenvalue weighted by molar-refractivity contribution is -0.000812. The van der Waals surface area contributed by atoms with Gasteiger partial charge in [0.15, 0.2) is 0 Å². The summed E-state index contributed by atoms with van der Waals surface area (Å²) in [4.78, 5) is 16.7. The molecule has 6 heteroatoms. The molecule has 3 fully saturated rings. The van der Waals surface area contributed by atoms with Crippen LogP contribution in [0.4, 0.5) is 4.79 Å². The van der Waals surface area contributed by atoms with Gasteiger partial charge in [-0.1, -0.05) is 42.5 Å². The molecule has 6 nitrogen and oxygen atoms in total. The molecule has 2 aromatic rings. The number of fused-ring (bicyclic) bond motifs is 3. The van der Waals surface area contributed by atoms with E-state index in [9.17, 15) is 9.90 Å². The zero-order valence-electron chi connectivity index (χ0n) is 17.2. The van der Waals surface area contributed by atoms with Crippen molar-refractivity contribution in [3.63, 3.8) is 0 Å². The number of ether oxygens (including phenoxy) is 1. The molecule has 2 aromatic carbocycles. The number of piperidine rings is 3. The molecule has 2 unspecified atom stereocenters. The van der Waals surface area contributed by atoms with Crippen LogP contribution in [0.2, 0.25) is 0 Å². The van der Waals surface area contributed by atoms with Crippen LogP contribution in [0.15, 0.2) is 54.6 Å². The van der Waals surface area contributed by atoms with Crippen LogP contribution in [0, 0.1) is 5.92 Å². The predicted octanol–water partition coefficient (Wildman–Crippen LogP) is 3.61. The van der Waals surface area contributed by atoms with Crippen molar-refractivity contribution < 1.29 is 19.7 Å². The van der Waals surface area contributed by atoms with Crippen LogP contribution in [-0.2, 0) is 0 Å². The first-order chi connectivity index (χ1) is 14.7. The third kappa shape index (κ3) is 4.45. The molecule has 160 valence electrons. The SMILES string of the molecule is O=C(O)N(C(c1ccccc1)c1cccc(OCCCO)c1)C1CN2CCC1CC2. The molecule has 2 bridgehead atoms. The van der Waals surface area contributed by atoms with Crippen molar-refractivity contribution in [2.75, 3.05) is 32.8 Å². The van der Waals surface area contributed by atoms with Crippen molar-refractivity contribution in [3.05, 3.63) is 65.7 Å². The maximum atomic E-state index is 12.6. The van der Waals surface area contributed by atoms with Crippen LogP contribution >= 0.6 is 0 Å². The van der Waals surface area contributed by atoms with E-state index in [-0.39, 0.29) is 12.6 Å². The lowest BCUT2D eigenvalue weighted by Crippen LogP contribution is -2.59. The summed E-state index contributed by atoms with van der Waals surface area (Å²) in [6, 6.07) is 17.2. The fourth-order valence-corrected chi connectivity index (χ4v) is 4.87. The van der Waals surface area contributed by atoms with Crippen molar-refractivity contribution in [1.29, 1.82) is 0 Å². The van der Waals surface area contributed by atoms with Gasteiger partial charge in [-0.05, 0) is 55.1 Å². The van der Waals surface area contributed by atoms with Gasteiger partial charge in [-0.15, -0.1) is 0 Å². The molecule has 0 saturated carbocycles. The van der Waals surface area contributed by atoms with Crippen LogP contribution < -0.4 is 4.74 Å². The summed E-state index contributed by atoms with van der Waals surface area (Å²) in [5.41, 5.74) is 1.87. The molecule has 3 saturated heterocycles. The van der Waals surface area contributed by atoms with Gasteiger partial charge in [0, 0.05) is 19.6 Å². The first-order valence-electron chi connectivity index (χ1n) is 10.8. The Hall–Kier alpha value is -2.57. The number of hydrogen-bond acceptors (Lipinski definition) is 4. The minimum absolute atomic E-state index is 0.0193. The van der Waals surface area contributed by atoms with Crippen LogP contribution in [0.3, 0.4) is 0 Å². The normalized spacial score (nSPS) is 23.7. The Morgan fingerprint density at radius 3 is 2.47 bits per heavy atom. The van der Waals surface area contributed by atoms with E-state index in [2.05, 4.69) is 4.90 Å². The van der Waals surface area contributed by atoms with Crippen LogP contribution in [0.5, 0.6) is 5.75 Å². The summed E-state index contributed by atoms with van der Waals surface area (Å²) >= 11 is 0. The number of amides is 1. The highest BCUT2D eigenvalue weighted by atomic mass is 16.5. The van der Waals surface area contributed by atoms with Gasteiger partial charge in [0.25, 0.3) is 0 Å². The van der Waals surface area contributed by atoms with Gasteiger partial charge in [-0.3, -0.25) is 4.90 Å². The zero-order valence-corrected chi connectivity index (χ0v) is 17.2. The predicted molar refractivity (Wildman–Crippen MR) is 115 cm³/mol. The zero-order chi connectivity index (χ0) is 20.9. The average Bonchev–Trinajstić information content (AvgIpc) is 2.79. The second-order valence-electron chi connectivity index (χ2n) is 8.21. The molecule has 0 aliphatic carbocycles. The van der Waals surface area contributed by atoms with E-state index in [0.717, 1.165) is 43.6 Å². The summed E-state index contributed by atoms with van der Waals surface area (Å²) in [6.07, 6.45) is 1.79. The smallest absolute Gasteiger partial charge is 0.408 e. The van der Waals surface area contributed by atoms with E-state index in [0.29, 0.717) is 24.7 Å². The molecular weight excluding hydrogens is 380 g/mol. The highest BCUT2D eigenvalue weighted by Crippen LogP contribution is 2.38. The molecular formula is C24H30N2O4. The van der Waals surface area contributed by atoms with Crippen molar-refractivity contribution in [1.82, 2.24) is 9.80 Å². The van der Waals surface area contributed by atoms with E-state index >= 15 is 0 Å². The van der Waals surface area contributed by atoms with E-state index in [1.54, 1.807) is 4.90 Å². The molecule has 0 spiro atoms. The van der Waals surface area contributed by atoms with Crippen LogP contribution in [0.25, 0.3) is 0 Å². The standard InChI is InChI=1S/C24H30N2O4/c27-14-5-15-30-21-9-4-8-20(16-21)23(19-6-2-1-3-7-19)26(24(28)29)22-17-25-12-10-18(22)11-13-25/h1-4,6-9,16,18,22-23,27H,5,10-15,17H2,(H,28,29). The number of carboxylic acid groups (broad SMARTS) is 1. The van der Waals surface area contributed by atoms with E-state index in [1.165, 1.54) is 0 Å². The fraction of sp³-hybridized carbons (Fsp3) is 0.458. The Morgan fingerprint density at radius 2 is 1.83 bits per heavy atom. The van der Waals surface area contributed by atoms with Gasteiger partial charge < -0.3 is 19.8 Å². The van der Waals surface area contributed by atoms with Crippen molar-refractivity contribution in [3.8, 4) is 5.75 Å². The Balaban J connectivity index is 1.71. The van der Waals surface area contributed by atoms with Crippen molar-refractivity contribution >= 4 is 6.09 Å². The number of rotatable bonds is 8. The minimum Gasteiger partial charge on any atom is -0.493 e. The van der Waals surface area contributed by atoms with Gasteiger partial charge in [0.2, 0.25) is 0 Å². The Morgan fingerprint density at radius 1 is 1.10 bits per heavy atom. The summed E-state index contributed by atoms with van der Waals surface area (Å²) in [5.74, 6) is 1.10. The molecule has 3 aliphatic rings. The van der Waals surface area contributed by atoms with Crippen LogP contribution in [0.1, 0.15) is 36.4 Å². The largest absolute Gasteiger partial charge is 0.493 e. The molecule has 2 N–H and O–H groups in total. The first-order valence-corrected chi connectivity index (χ1v) is 10.8. The second kappa shape index (κ2) is 9.49. The molecule has 0 aromatic heterocycles. The number of carbonyl (C=O) groups is 1. The molecule has 30 heavy (non-hydrogen) atoms. The monoisotopic (exact) mass is 410 g/mol. The summed E-state index contributed by atoms with van der Waals surface area (Å²) < 4.78 is 5.77. The average molecular weight is 411 g/mol. The maximum Gasteiger partial charge on any atom is 0.408 e. The first kappa shape index (κ1) is 20.7. The highest BCUT2D eigenvalue weighted by Gasteiger charge is 2.43. The number of nitrogens with zero attached hydrogens (tertiary/aromatic N) is 2. The van der Waals surface area contributed by atoms with Gasteiger partial charge in [0.05, 0.1) is 18.7 Å². The summed E-state index contributed by atoms with van der Waals surface area (Å²) in [5, 5.41) is 19.3. The van der Waals surface area contributed by atoms with Gasteiger partial charge in [0.1, 0.15) is 5.75 Å². The molecule has 2 atom stereocenters.